The molecule has 0 bridgehead atoms. The minimum absolute atomic E-state index is 0.0626. The molecule has 3 aliphatic heterocycles. The highest BCUT2D eigenvalue weighted by molar-refractivity contribution is 7.99. The van der Waals surface area contributed by atoms with E-state index in [1.807, 2.05) is 11.8 Å². The predicted octanol–water partition coefficient (Wildman–Crippen LogP) is 15.0. The van der Waals surface area contributed by atoms with Crippen LogP contribution in [0.4, 0.5) is 28.4 Å². The van der Waals surface area contributed by atoms with Gasteiger partial charge in [0.2, 0.25) is 0 Å². The van der Waals surface area contributed by atoms with Crippen LogP contribution in [-0.2, 0) is 21.7 Å². The van der Waals surface area contributed by atoms with E-state index in [1.165, 1.54) is 117 Å². The summed E-state index contributed by atoms with van der Waals surface area (Å²) in [5, 5.41) is 4.08. The lowest BCUT2D eigenvalue weighted by molar-refractivity contribution is 0.332. The molecule has 4 heteroatoms. The van der Waals surface area contributed by atoms with Crippen LogP contribution >= 0.6 is 11.8 Å². The average Bonchev–Trinajstić information content (AvgIpc) is 3.31. The smallest absolute Gasteiger partial charge is 0.197 e. The van der Waals surface area contributed by atoms with Crippen molar-refractivity contribution >= 4 is 58.4 Å². The van der Waals surface area contributed by atoms with Crippen LogP contribution in [0.5, 0.6) is 0 Å². The van der Waals surface area contributed by atoms with E-state index in [1.54, 1.807) is 0 Å². The van der Waals surface area contributed by atoms with Gasteiger partial charge in [-0.2, -0.15) is 0 Å². The second-order valence-corrected chi connectivity index (χ2v) is 22.3. The molecule has 66 heavy (non-hydrogen) atoms. The highest BCUT2D eigenvalue weighted by Crippen LogP contribution is 2.57. The van der Waals surface area contributed by atoms with Crippen LogP contribution in [0.2, 0.25) is 0 Å². The van der Waals surface area contributed by atoms with Gasteiger partial charge in [0, 0.05) is 43.5 Å². The van der Waals surface area contributed by atoms with E-state index in [0.29, 0.717) is 0 Å². The lowest BCUT2D eigenvalue weighted by Gasteiger charge is -2.44. The van der Waals surface area contributed by atoms with E-state index in [2.05, 4.69) is 237 Å². The third-order valence-electron chi connectivity index (χ3n) is 15.8. The molecule has 8 aromatic carbocycles. The van der Waals surface area contributed by atoms with Gasteiger partial charge in [-0.1, -0.05) is 192 Å². The molecular weight excluding hydrogens is 816 g/mol. The number of hydrogen-bond donors (Lipinski definition) is 1. The molecule has 1 radical (unpaired) electrons. The van der Waals surface area contributed by atoms with Gasteiger partial charge in [-0.05, 0) is 135 Å². The number of benzene rings is 8. The molecule has 0 saturated heterocycles. The first kappa shape index (κ1) is 41.2. The topological polar surface area (TPSA) is 15.3 Å². The van der Waals surface area contributed by atoms with Crippen LogP contribution in [0.1, 0.15) is 110 Å². The number of hydrogen-bond acceptors (Lipinski definition) is 3. The summed E-state index contributed by atoms with van der Waals surface area (Å²) in [5.74, 6) is 0. The van der Waals surface area contributed by atoms with E-state index in [9.17, 15) is 0 Å². The van der Waals surface area contributed by atoms with Gasteiger partial charge in [0.15, 0.2) is 7.28 Å². The standard InChI is InChI=1S/C62H56BN2S/c1-38-32-43(42-24-19-27-46-58(42)64-51-28-17-15-25-44(51)62(46,40-20-11-9-12-21-40)41-22-13-10-14-23-41)57-54(33-38)65(52-36-48-47(34-39(52)2)59(3,4)30-31-60(48,5)6)53-37-56-49(35-50(53)63-57)61(7,8)45-26-16-18-29-55(45)66-56/h9-29,32-37,64H,30-31H2,1-8H3. The molecule has 8 aromatic rings. The van der Waals surface area contributed by atoms with Crippen LogP contribution < -0.4 is 21.1 Å². The number of rotatable bonds is 4. The number of aryl methyl sites for hydroxylation is 2. The molecule has 4 aliphatic rings. The van der Waals surface area contributed by atoms with Crippen LogP contribution in [0.25, 0.3) is 11.1 Å². The Bertz CT molecular complexity index is 3250. The van der Waals surface area contributed by atoms with Crippen molar-refractivity contribution in [1.29, 1.82) is 0 Å². The van der Waals surface area contributed by atoms with Crippen LogP contribution in [-0.4, -0.2) is 7.28 Å². The van der Waals surface area contributed by atoms with Crippen LogP contribution in [0.3, 0.4) is 0 Å². The third-order valence-corrected chi connectivity index (χ3v) is 17.0. The largest absolute Gasteiger partial charge is 0.354 e. The molecule has 0 amide bonds. The fourth-order valence-electron chi connectivity index (χ4n) is 12.2. The van der Waals surface area contributed by atoms with Crippen molar-refractivity contribution in [2.24, 2.45) is 0 Å². The zero-order valence-electron chi connectivity index (χ0n) is 39.4. The van der Waals surface area contributed by atoms with Crippen molar-refractivity contribution < 1.29 is 0 Å². The van der Waals surface area contributed by atoms with Gasteiger partial charge in [0.05, 0.1) is 11.1 Å². The Hall–Kier alpha value is -6.23. The minimum atomic E-state index is -0.554. The molecule has 1 aliphatic carbocycles. The molecule has 323 valence electrons. The summed E-state index contributed by atoms with van der Waals surface area (Å²) in [6, 6.07) is 62.2. The summed E-state index contributed by atoms with van der Waals surface area (Å²) in [6.07, 6.45) is 2.36. The molecule has 1 N–H and O–H groups in total. The van der Waals surface area contributed by atoms with Crippen molar-refractivity contribution in [3.63, 3.8) is 0 Å². The van der Waals surface area contributed by atoms with Gasteiger partial charge in [0.1, 0.15) is 0 Å². The normalized spacial score (nSPS) is 17.3. The molecule has 0 aromatic heterocycles. The molecule has 0 unspecified atom stereocenters. The number of fused-ring (bicyclic) bond motifs is 7. The molecule has 3 heterocycles. The second kappa shape index (κ2) is 14.6. The highest BCUT2D eigenvalue weighted by Gasteiger charge is 2.46. The Labute approximate surface area is 396 Å². The Morgan fingerprint density at radius 1 is 0.500 bits per heavy atom. The quantitative estimate of drug-likeness (QED) is 0.177. The maximum absolute atomic E-state index is 4.08. The van der Waals surface area contributed by atoms with Gasteiger partial charge in [0.25, 0.3) is 0 Å². The summed E-state index contributed by atoms with van der Waals surface area (Å²) in [7, 11) is 2.51. The van der Waals surface area contributed by atoms with Crippen LogP contribution in [0.15, 0.2) is 174 Å². The lowest BCUT2D eigenvalue weighted by Crippen LogP contribution is -2.43. The van der Waals surface area contributed by atoms with Gasteiger partial charge in [-0.3, -0.25) is 0 Å². The Morgan fingerprint density at radius 2 is 1.12 bits per heavy atom. The first-order chi connectivity index (χ1) is 31.8. The number of nitrogens with zero attached hydrogens (tertiary/aromatic N) is 1. The van der Waals surface area contributed by atoms with Gasteiger partial charge in [-0.25, -0.2) is 0 Å². The summed E-state index contributed by atoms with van der Waals surface area (Å²) in [6.45, 7) is 19.2. The Balaban J connectivity index is 1.14. The summed E-state index contributed by atoms with van der Waals surface area (Å²) in [5.41, 5.74) is 23.7. The fraction of sp³-hybridized carbons (Fsp3) is 0.226. The average molecular weight is 872 g/mol. The molecule has 0 fully saturated rings. The molecule has 2 nitrogen and oxygen atoms in total. The fourth-order valence-corrected chi connectivity index (χ4v) is 13.6. The van der Waals surface area contributed by atoms with E-state index in [0.717, 1.165) is 11.4 Å². The Kier molecular flexibility index (Phi) is 9.14. The first-order valence-corrected chi connectivity index (χ1v) is 24.6. The Morgan fingerprint density at radius 3 is 1.83 bits per heavy atom. The van der Waals surface area contributed by atoms with E-state index in [4.69, 9.17) is 0 Å². The van der Waals surface area contributed by atoms with Gasteiger partial charge in [-0.15, -0.1) is 0 Å². The lowest BCUT2D eigenvalue weighted by atomic mass is 9.56. The number of anilines is 5. The summed E-state index contributed by atoms with van der Waals surface area (Å²) in [4.78, 5) is 5.32. The SMILES string of the molecule is Cc1cc(-c2cccc3c2Nc2ccccc2C3(c2ccccc2)c2ccccc2)c2c(c1)N(c1cc3c(cc1C)C(C)(C)CCC3(C)C)c1cc3c(cc1[B]2)C(C)(C)c1ccccc1S3. The van der Waals surface area contributed by atoms with Gasteiger partial charge < -0.3 is 10.2 Å². The predicted molar refractivity (Wildman–Crippen MR) is 281 cm³/mol. The molecule has 0 atom stereocenters. The van der Waals surface area contributed by atoms with E-state index < -0.39 is 5.41 Å². The van der Waals surface area contributed by atoms with Crippen molar-refractivity contribution in [3.8, 4) is 11.1 Å². The maximum atomic E-state index is 4.08. The molecule has 0 spiro atoms. The summed E-state index contributed by atoms with van der Waals surface area (Å²) >= 11 is 1.92. The first-order valence-electron chi connectivity index (χ1n) is 23.8. The minimum Gasteiger partial charge on any atom is -0.354 e. The maximum Gasteiger partial charge on any atom is 0.197 e. The zero-order valence-corrected chi connectivity index (χ0v) is 40.3. The monoisotopic (exact) mass is 871 g/mol. The van der Waals surface area contributed by atoms with Crippen LogP contribution in [0, 0.1) is 13.8 Å². The second-order valence-electron chi connectivity index (χ2n) is 21.2. The van der Waals surface area contributed by atoms with Crippen molar-refractivity contribution in [1.82, 2.24) is 0 Å². The highest BCUT2D eigenvalue weighted by atomic mass is 32.2. The van der Waals surface area contributed by atoms with Crippen molar-refractivity contribution in [3.05, 3.63) is 219 Å². The van der Waals surface area contributed by atoms with E-state index in [-0.39, 0.29) is 16.2 Å². The van der Waals surface area contributed by atoms with E-state index >= 15 is 0 Å². The van der Waals surface area contributed by atoms with Gasteiger partial charge >= 0.3 is 0 Å². The van der Waals surface area contributed by atoms with Crippen molar-refractivity contribution in [2.75, 3.05) is 10.2 Å². The molecule has 0 saturated carbocycles. The summed E-state index contributed by atoms with van der Waals surface area (Å²) < 4.78 is 0. The van der Waals surface area contributed by atoms with Crippen molar-refractivity contribution in [2.45, 2.75) is 99.7 Å². The molecular formula is C62H56BN2S. The zero-order chi connectivity index (χ0) is 45.3. The number of para-hydroxylation sites is 2. The molecule has 12 rings (SSSR count). The number of nitrogens with one attached hydrogen (secondary N) is 1. The third kappa shape index (κ3) is 5.96.